The molecule has 2 aromatic rings. The first-order valence-electron chi connectivity index (χ1n) is 11.7. The third-order valence-corrected chi connectivity index (χ3v) is 6.97. The fraction of sp³-hybridized carbons (Fsp3) is 0.444. The van der Waals surface area contributed by atoms with Gasteiger partial charge in [-0.25, -0.2) is 4.79 Å². The van der Waals surface area contributed by atoms with Crippen molar-refractivity contribution < 1.29 is 23.9 Å². The number of methoxy groups -OCH3 is 2. The van der Waals surface area contributed by atoms with Crippen molar-refractivity contribution in [3.63, 3.8) is 0 Å². The van der Waals surface area contributed by atoms with E-state index in [2.05, 4.69) is 26.1 Å². The van der Waals surface area contributed by atoms with E-state index in [1.807, 2.05) is 36.4 Å². The molecule has 1 saturated heterocycles. The van der Waals surface area contributed by atoms with Gasteiger partial charge in [-0.3, -0.25) is 14.5 Å². The van der Waals surface area contributed by atoms with E-state index >= 15 is 0 Å². The maximum atomic E-state index is 13.3. The van der Waals surface area contributed by atoms with Crippen LogP contribution in [0.1, 0.15) is 49.9 Å². The van der Waals surface area contributed by atoms with Gasteiger partial charge in [0.2, 0.25) is 5.91 Å². The monoisotopic (exact) mass is 479 g/mol. The zero-order chi connectivity index (χ0) is 25.5. The number of amides is 4. The molecule has 2 aliphatic heterocycles. The minimum Gasteiger partial charge on any atom is -0.493 e. The van der Waals surface area contributed by atoms with Crippen molar-refractivity contribution in [2.75, 3.05) is 27.3 Å². The predicted molar refractivity (Wildman–Crippen MR) is 131 cm³/mol. The molecule has 1 unspecified atom stereocenters. The highest BCUT2D eigenvalue weighted by Gasteiger charge is 2.49. The number of carbonyl (C=O) groups is 3. The molecule has 4 rings (SSSR count). The zero-order valence-corrected chi connectivity index (χ0v) is 21.2. The summed E-state index contributed by atoms with van der Waals surface area (Å²) < 4.78 is 10.8. The summed E-state index contributed by atoms with van der Waals surface area (Å²) in [6, 6.07) is 10.9. The van der Waals surface area contributed by atoms with Crippen LogP contribution in [0.15, 0.2) is 36.4 Å². The van der Waals surface area contributed by atoms with Crippen molar-refractivity contribution in [2.24, 2.45) is 0 Å². The molecule has 1 N–H and O–H groups in total. The van der Waals surface area contributed by atoms with E-state index in [1.54, 1.807) is 26.0 Å². The van der Waals surface area contributed by atoms with Crippen LogP contribution in [0.4, 0.5) is 4.79 Å². The third-order valence-electron chi connectivity index (χ3n) is 6.97. The first-order valence-corrected chi connectivity index (χ1v) is 11.7. The second-order valence-electron chi connectivity index (χ2n) is 10.3. The van der Waals surface area contributed by atoms with Crippen LogP contribution in [0.2, 0.25) is 0 Å². The molecular formula is C27H33N3O5. The zero-order valence-electron chi connectivity index (χ0n) is 21.2. The summed E-state index contributed by atoms with van der Waals surface area (Å²) >= 11 is 0. The van der Waals surface area contributed by atoms with E-state index in [1.165, 1.54) is 0 Å². The van der Waals surface area contributed by atoms with Gasteiger partial charge in [0.05, 0.1) is 14.2 Å². The maximum absolute atomic E-state index is 13.3. The van der Waals surface area contributed by atoms with Gasteiger partial charge in [-0.1, -0.05) is 45.0 Å². The van der Waals surface area contributed by atoms with Crippen LogP contribution in [-0.4, -0.2) is 55.0 Å². The van der Waals surface area contributed by atoms with E-state index < -0.39 is 17.5 Å². The van der Waals surface area contributed by atoms with Crippen molar-refractivity contribution in [3.05, 3.63) is 58.7 Å². The normalized spacial score (nSPS) is 19.9. The molecule has 1 fully saturated rings. The minimum absolute atomic E-state index is 0.0248. The van der Waals surface area contributed by atoms with Crippen molar-refractivity contribution in [1.82, 2.24) is 15.1 Å². The lowest BCUT2D eigenvalue weighted by atomic mass is 9.84. The molecule has 1 atom stereocenters. The Morgan fingerprint density at radius 1 is 1.03 bits per heavy atom. The molecule has 0 radical (unpaired) electrons. The van der Waals surface area contributed by atoms with Gasteiger partial charge in [0.25, 0.3) is 5.91 Å². The molecule has 4 amide bonds. The molecule has 8 heteroatoms. The minimum atomic E-state index is -1.22. The van der Waals surface area contributed by atoms with Crippen LogP contribution in [0.5, 0.6) is 11.5 Å². The van der Waals surface area contributed by atoms with Crippen molar-refractivity contribution in [2.45, 2.75) is 51.6 Å². The van der Waals surface area contributed by atoms with Crippen LogP contribution in [0, 0.1) is 0 Å². The molecule has 186 valence electrons. The van der Waals surface area contributed by atoms with Crippen LogP contribution in [-0.2, 0) is 33.5 Å². The van der Waals surface area contributed by atoms with E-state index in [-0.39, 0.29) is 17.9 Å². The Hall–Kier alpha value is -3.55. The summed E-state index contributed by atoms with van der Waals surface area (Å²) in [4.78, 5) is 41.9. The maximum Gasteiger partial charge on any atom is 0.325 e. The highest BCUT2D eigenvalue weighted by atomic mass is 16.5. The van der Waals surface area contributed by atoms with Crippen LogP contribution >= 0.6 is 0 Å². The Kier molecular flexibility index (Phi) is 6.25. The highest BCUT2D eigenvalue weighted by molar-refractivity contribution is 6.09. The van der Waals surface area contributed by atoms with Gasteiger partial charge in [0.15, 0.2) is 11.5 Å². The highest BCUT2D eigenvalue weighted by Crippen LogP contribution is 2.34. The number of ether oxygens (including phenoxy) is 2. The van der Waals surface area contributed by atoms with Gasteiger partial charge in [-0.2, -0.15) is 0 Å². The van der Waals surface area contributed by atoms with E-state index in [0.717, 1.165) is 21.6 Å². The Morgan fingerprint density at radius 2 is 1.63 bits per heavy atom. The summed E-state index contributed by atoms with van der Waals surface area (Å²) in [5, 5.41) is 2.79. The lowest BCUT2D eigenvalue weighted by Gasteiger charge is -2.30. The number of hydrogen-bond donors (Lipinski definition) is 1. The molecule has 0 saturated carbocycles. The third kappa shape index (κ3) is 4.45. The summed E-state index contributed by atoms with van der Waals surface area (Å²) in [5.41, 5.74) is 2.63. The lowest BCUT2D eigenvalue weighted by Crippen LogP contribution is -2.45. The molecule has 2 aliphatic rings. The summed E-state index contributed by atoms with van der Waals surface area (Å²) in [7, 11) is 3.16. The number of nitrogens with zero attached hydrogens (tertiary/aromatic N) is 2. The number of rotatable bonds is 5. The fourth-order valence-electron chi connectivity index (χ4n) is 4.67. The SMILES string of the molecule is COc1cc2c(cc1OC)CN(C(=O)CN1C(=O)NC(C)(c3ccc(C(C)(C)C)cc3)C1=O)CC2. The Bertz CT molecular complexity index is 1170. The predicted octanol–water partition coefficient (Wildman–Crippen LogP) is 3.35. The largest absolute Gasteiger partial charge is 0.493 e. The smallest absolute Gasteiger partial charge is 0.325 e. The van der Waals surface area contributed by atoms with Crippen LogP contribution < -0.4 is 14.8 Å². The Labute approximate surface area is 206 Å². The number of carbonyl (C=O) groups excluding carboxylic acids is 3. The molecule has 0 spiro atoms. The molecule has 8 nitrogen and oxygen atoms in total. The summed E-state index contributed by atoms with van der Waals surface area (Å²) in [6.45, 7) is 8.60. The van der Waals surface area contributed by atoms with Gasteiger partial charge in [-0.15, -0.1) is 0 Å². The molecule has 2 aromatic carbocycles. The van der Waals surface area contributed by atoms with Crippen molar-refractivity contribution in [1.29, 1.82) is 0 Å². The summed E-state index contributed by atoms with van der Waals surface area (Å²) in [6.07, 6.45) is 0.652. The van der Waals surface area contributed by atoms with E-state index in [0.29, 0.717) is 36.6 Å². The van der Waals surface area contributed by atoms with Crippen molar-refractivity contribution >= 4 is 17.8 Å². The number of hydrogen-bond acceptors (Lipinski definition) is 5. The van der Waals surface area contributed by atoms with E-state index in [4.69, 9.17) is 9.47 Å². The van der Waals surface area contributed by atoms with Gasteiger partial charge in [-0.05, 0) is 53.1 Å². The molecule has 0 bridgehead atoms. The number of imide groups is 1. The average molecular weight is 480 g/mol. The van der Waals surface area contributed by atoms with Crippen LogP contribution in [0.25, 0.3) is 0 Å². The quantitative estimate of drug-likeness (QED) is 0.665. The number of urea groups is 1. The van der Waals surface area contributed by atoms with Gasteiger partial charge < -0.3 is 19.7 Å². The van der Waals surface area contributed by atoms with Gasteiger partial charge in [0, 0.05) is 13.1 Å². The number of nitrogens with one attached hydrogen (secondary N) is 1. The standard InChI is InChI=1S/C27H33N3O5/c1-26(2,3)19-7-9-20(10-8-19)27(4)24(32)30(25(33)28-27)16-23(31)29-12-11-17-13-21(34-5)22(35-6)14-18(17)15-29/h7-10,13-14H,11-12,15-16H2,1-6H3,(H,28,33). The molecule has 35 heavy (non-hydrogen) atoms. The molecular weight excluding hydrogens is 446 g/mol. The first-order chi connectivity index (χ1) is 16.5. The average Bonchev–Trinajstić information content (AvgIpc) is 3.05. The Morgan fingerprint density at radius 3 is 2.20 bits per heavy atom. The number of fused-ring (bicyclic) bond motifs is 1. The summed E-state index contributed by atoms with van der Waals surface area (Å²) in [5.74, 6) is 0.549. The molecule has 2 heterocycles. The molecule has 0 aromatic heterocycles. The number of benzene rings is 2. The first kappa shape index (κ1) is 24.6. The topological polar surface area (TPSA) is 88.2 Å². The van der Waals surface area contributed by atoms with Crippen molar-refractivity contribution in [3.8, 4) is 11.5 Å². The Balaban J connectivity index is 1.48. The second-order valence-corrected chi connectivity index (χ2v) is 10.3. The second kappa shape index (κ2) is 8.91. The molecule has 0 aliphatic carbocycles. The lowest BCUT2D eigenvalue weighted by molar-refractivity contribution is -0.139. The van der Waals surface area contributed by atoms with Crippen LogP contribution in [0.3, 0.4) is 0 Å². The van der Waals surface area contributed by atoms with Gasteiger partial charge in [0.1, 0.15) is 12.1 Å². The fourth-order valence-corrected chi connectivity index (χ4v) is 4.67. The van der Waals surface area contributed by atoms with Gasteiger partial charge >= 0.3 is 6.03 Å². The van der Waals surface area contributed by atoms with E-state index in [9.17, 15) is 14.4 Å².